The van der Waals surface area contributed by atoms with Gasteiger partial charge >= 0.3 is 6.36 Å². The third-order valence-electron chi connectivity index (χ3n) is 5.87. The van der Waals surface area contributed by atoms with Gasteiger partial charge in [-0.1, -0.05) is 51.8 Å². The van der Waals surface area contributed by atoms with Crippen LogP contribution in [0.4, 0.5) is 13.2 Å². The molecule has 2 N–H and O–H groups in total. The summed E-state index contributed by atoms with van der Waals surface area (Å²) in [6, 6.07) is 9.55. The van der Waals surface area contributed by atoms with Gasteiger partial charge < -0.3 is 15.2 Å². The zero-order valence-corrected chi connectivity index (χ0v) is 18.0. The molecule has 0 unspecified atom stereocenters. The molecule has 1 fully saturated rings. The molecular weight excluding hydrogens is 391 g/mol. The molecule has 2 aromatic carbocycles. The summed E-state index contributed by atoms with van der Waals surface area (Å²) in [7, 11) is 0. The van der Waals surface area contributed by atoms with E-state index in [9.17, 15) is 18.3 Å². The Balaban J connectivity index is 1.94. The van der Waals surface area contributed by atoms with Gasteiger partial charge in [-0.25, -0.2) is 0 Å². The van der Waals surface area contributed by atoms with Gasteiger partial charge in [0.15, 0.2) is 0 Å². The first-order chi connectivity index (χ1) is 13.9. The Labute approximate surface area is 176 Å². The van der Waals surface area contributed by atoms with Gasteiger partial charge in [-0.2, -0.15) is 0 Å². The molecule has 2 aromatic rings. The van der Waals surface area contributed by atoms with E-state index in [1.807, 2.05) is 12.1 Å². The summed E-state index contributed by atoms with van der Waals surface area (Å²) in [6.45, 7) is 9.04. The normalized spacial score (nSPS) is 16.6. The highest BCUT2D eigenvalue weighted by molar-refractivity contribution is 5.73. The highest BCUT2D eigenvalue weighted by Gasteiger charge is 2.31. The Kier molecular flexibility index (Phi) is 6.10. The van der Waals surface area contributed by atoms with Crippen molar-refractivity contribution < 1.29 is 23.0 Å². The van der Waals surface area contributed by atoms with Crippen molar-refractivity contribution in [1.29, 1.82) is 0 Å². The van der Waals surface area contributed by atoms with Crippen LogP contribution in [-0.4, -0.2) is 17.0 Å². The maximum Gasteiger partial charge on any atom is 0.573 e. The van der Waals surface area contributed by atoms with E-state index in [0.29, 0.717) is 17.7 Å². The number of benzene rings is 2. The van der Waals surface area contributed by atoms with E-state index in [1.54, 1.807) is 0 Å². The van der Waals surface area contributed by atoms with Crippen LogP contribution in [0.1, 0.15) is 64.5 Å². The first-order valence-electron chi connectivity index (χ1n) is 10.3. The van der Waals surface area contributed by atoms with Crippen molar-refractivity contribution in [3.8, 4) is 22.6 Å². The third kappa shape index (κ3) is 5.48. The zero-order valence-electron chi connectivity index (χ0n) is 18.0. The summed E-state index contributed by atoms with van der Waals surface area (Å²) in [5.41, 5.74) is 3.02. The Hall–Kier alpha value is -2.21. The molecule has 6 heteroatoms. The lowest BCUT2D eigenvalue weighted by atomic mass is 9.83. The van der Waals surface area contributed by atoms with E-state index < -0.39 is 6.36 Å². The summed E-state index contributed by atoms with van der Waals surface area (Å²) in [5, 5.41) is 14.6. The maximum atomic E-state index is 12.4. The molecule has 0 atom stereocenters. The average molecular weight is 422 g/mol. The van der Waals surface area contributed by atoms with Gasteiger partial charge in [0.1, 0.15) is 11.5 Å². The van der Waals surface area contributed by atoms with Gasteiger partial charge in [0, 0.05) is 23.2 Å². The molecule has 0 aromatic heterocycles. The molecule has 0 aliphatic heterocycles. The van der Waals surface area contributed by atoms with Gasteiger partial charge in [-0.15, -0.1) is 13.2 Å². The molecule has 1 saturated carbocycles. The van der Waals surface area contributed by atoms with E-state index in [4.69, 9.17) is 0 Å². The number of hydrogen-bond donors (Lipinski definition) is 2. The summed E-state index contributed by atoms with van der Waals surface area (Å²) in [4.78, 5) is 0. The van der Waals surface area contributed by atoms with Crippen LogP contribution >= 0.6 is 0 Å². The van der Waals surface area contributed by atoms with Gasteiger partial charge in [-0.3, -0.25) is 0 Å². The lowest BCUT2D eigenvalue weighted by molar-refractivity contribution is -0.274. The Morgan fingerprint density at radius 2 is 1.63 bits per heavy atom. The van der Waals surface area contributed by atoms with Crippen molar-refractivity contribution in [2.24, 2.45) is 0 Å². The predicted octanol–water partition coefficient (Wildman–Crippen LogP) is 6.68. The van der Waals surface area contributed by atoms with E-state index in [1.165, 1.54) is 37.1 Å². The summed E-state index contributed by atoms with van der Waals surface area (Å²) in [5.74, 6) is -0.129. The van der Waals surface area contributed by atoms with Crippen molar-refractivity contribution in [3.05, 3.63) is 47.5 Å². The Morgan fingerprint density at radius 3 is 2.17 bits per heavy atom. The smallest absolute Gasteiger partial charge is 0.507 e. The minimum absolute atomic E-state index is 0.0704. The SMILES string of the molecule is CC1(NCc2cc(C(C)(C)C)cc(-c3ccc(OC(F)(F)F)cc3)c2O)CCCC1. The van der Waals surface area contributed by atoms with Crippen molar-refractivity contribution in [1.82, 2.24) is 5.32 Å². The molecular formula is C24H30F3NO2. The van der Waals surface area contributed by atoms with Crippen LogP contribution in [0.3, 0.4) is 0 Å². The molecule has 0 radical (unpaired) electrons. The molecule has 0 spiro atoms. The van der Waals surface area contributed by atoms with Crippen molar-refractivity contribution in [2.45, 2.75) is 77.2 Å². The van der Waals surface area contributed by atoms with Crippen LogP contribution in [0.15, 0.2) is 36.4 Å². The summed E-state index contributed by atoms with van der Waals surface area (Å²) in [6.07, 6.45) is -0.101. The minimum atomic E-state index is -4.73. The highest BCUT2D eigenvalue weighted by atomic mass is 19.4. The topological polar surface area (TPSA) is 41.5 Å². The number of hydrogen-bond acceptors (Lipinski definition) is 3. The van der Waals surface area contributed by atoms with Crippen molar-refractivity contribution in [3.63, 3.8) is 0 Å². The lowest BCUT2D eigenvalue weighted by Crippen LogP contribution is -2.38. The molecule has 0 heterocycles. The fraction of sp³-hybridized carbons (Fsp3) is 0.500. The zero-order chi connectivity index (χ0) is 22.2. The number of rotatable bonds is 5. The minimum Gasteiger partial charge on any atom is -0.507 e. The Bertz CT molecular complexity index is 877. The molecule has 1 aliphatic rings. The monoisotopic (exact) mass is 421 g/mol. The van der Waals surface area contributed by atoms with E-state index in [2.05, 4.69) is 37.7 Å². The lowest BCUT2D eigenvalue weighted by Gasteiger charge is -2.27. The van der Waals surface area contributed by atoms with E-state index in [-0.39, 0.29) is 22.5 Å². The number of alkyl halides is 3. The quantitative estimate of drug-likeness (QED) is 0.566. The van der Waals surface area contributed by atoms with Crippen LogP contribution in [0.5, 0.6) is 11.5 Å². The third-order valence-corrected chi connectivity index (χ3v) is 5.87. The molecule has 164 valence electrons. The van der Waals surface area contributed by atoms with Crippen LogP contribution < -0.4 is 10.1 Å². The number of halogens is 3. The largest absolute Gasteiger partial charge is 0.573 e. The second kappa shape index (κ2) is 8.14. The fourth-order valence-corrected chi connectivity index (χ4v) is 3.96. The number of phenols is 1. The number of nitrogens with one attached hydrogen (secondary N) is 1. The van der Waals surface area contributed by atoms with Crippen LogP contribution in [0.2, 0.25) is 0 Å². The van der Waals surface area contributed by atoms with Crippen LogP contribution in [0, 0.1) is 0 Å². The summed E-state index contributed by atoms with van der Waals surface area (Å²) < 4.78 is 41.3. The standard InChI is InChI=1S/C24H30F3NO2/c1-22(2,3)18-13-17(15-28-23(4)11-5-6-12-23)21(29)20(14-18)16-7-9-19(10-8-16)30-24(25,26)27/h7-10,13-14,28-29H,5-6,11-12,15H2,1-4H3. The first kappa shape index (κ1) is 22.5. The van der Waals surface area contributed by atoms with Gasteiger partial charge in [-0.05, 0) is 54.5 Å². The average Bonchev–Trinajstić information content (AvgIpc) is 3.06. The second-order valence-electron chi connectivity index (χ2n) is 9.48. The van der Waals surface area contributed by atoms with Crippen LogP contribution in [0.25, 0.3) is 11.1 Å². The summed E-state index contributed by atoms with van der Waals surface area (Å²) >= 11 is 0. The van der Waals surface area contributed by atoms with E-state index >= 15 is 0 Å². The molecule has 0 saturated heterocycles. The van der Waals surface area contributed by atoms with Gasteiger partial charge in [0.05, 0.1) is 0 Å². The molecule has 3 nitrogen and oxygen atoms in total. The maximum absolute atomic E-state index is 12.4. The molecule has 1 aliphatic carbocycles. The van der Waals surface area contributed by atoms with Crippen LogP contribution in [-0.2, 0) is 12.0 Å². The van der Waals surface area contributed by atoms with Gasteiger partial charge in [0.2, 0.25) is 0 Å². The molecule has 3 rings (SSSR count). The molecule has 0 amide bonds. The molecule has 0 bridgehead atoms. The fourth-order valence-electron chi connectivity index (χ4n) is 3.96. The van der Waals surface area contributed by atoms with Crippen molar-refractivity contribution >= 4 is 0 Å². The Morgan fingerprint density at radius 1 is 1.03 bits per heavy atom. The van der Waals surface area contributed by atoms with Gasteiger partial charge in [0.25, 0.3) is 0 Å². The number of aromatic hydroxyl groups is 1. The number of ether oxygens (including phenoxy) is 1. The highest BCUT2D eigenvalue weighted by Crippen LogP contribution is 2.39. The molecule has 30 heavy (non-hydrogen) atoms. The van der Waals surface area contributed by atoms with Crippen molar-refractivity contribution in [2.75, 3.05) is 0 Å². The van der Waals surface area contributed by atoms with E-state index in [0.717, 1.165) is 24.0 Å². The second-order valence-corrected chi connectivity index (χ2v) is 9.48. The predicted molar refractivity (Wildman–Crippen MR) is 113 cm³/mol. The first-order valence-corrected chi connectivity index (χ1v) is 10.3. The number of phenolic OH excluding ortho intramolecular Hbond substituents is 1.